The van der Waals surface area contributed by atoms with Gasteiger partial charge in [-0.15, -0.1) is 11.8 Å². The number of carbonyl (C=O) groups is 2. The van der Waals surface area contributed by atoms with Crippen LogP contribution in [0.25, 0.3) is 0 Å². The summed E-state index contributed by atoms with van der Waals surface area (Å²) in [4.78, 5) is 25.1. The molecule has 1 heterocycles. The lowest BCUT2D eigenvalue weighted by Gasteiger charge is -2.29. The average molecular weight is 288 g/mol. The van der Waals surface area contributed by atoms with E-state index in [1.165, 1.54) is 4.90 Å². The minimum atomic E-state index is -0.911. The lowest BCUT2D eigenvalue weighted by Crippen LogP contribution is -2.52. The first-order valence-corrected chi connectivity index (χ1v) is 8.03. The van der Waals surface area contributed by atoms with E-state index in [1.807, 2.05) is 20.8 Å². The second kappa shape index (κ2) is 7.62. The number of urea groups is 1. The SMILES string of the molecule is CCCC1SCC(C(=O)O)N1C(=O)NC(CC)CC. The van der Waals surface area contributed by atoms with Crippen molar-refractivity contribution >= 4 is 23.8 Å². The van der Waals surface area contributed by atoms with Crippen LogP contribution in [0.15, 0.2) is 0 Å². The molecule has 0 aromatic rings. The summed E-state index contributed by atoms with van der Waals surface area (Å²) in [5, 5.41) is 12.2. The minimum Gasteiger partial charge on any atom is -0.480 e. The van der Waals surface area contributed by atoms with E-state index in [1.54, 1.807) is 11.8 Å². The van der Waals surface area contributed by atoms with E-state index in [-0.39, 0.29) is 17.4 Å². The van der Waals surface area contributed by atoms with Crippen LogP contribution in [0.5, 0.6) is 0 Å². The van der Waals surface area contributed by atoms with Gasteiger partial charge in [0.1, 0.15) is 6.04 Å². The lowest BCUT2D eigenvalue weighted by molar-refractivity contribution is -0.141. The lowest BCUT2D eigenvalue weighted by atomic mass is 10.2. The van der Waals surface area contributed by atoms with E-state index in [2.05, 4.69) is 5.32 Å². The first-order chi connectivity index (χ1) is 9.04. The zero-order valence-electron chi connectivity index (χ0n) is 11.9. The van der Waals surface area contributed by atoms with Crippen molar-refractivity contribution in [3.05, 3.63) is 0 Å². The van der Waals surface area contributed by atoms with Crippen molar-refractivity contribution in [1.82, 2.24) is 10.2 Å². The number of carboxylic acid groups (broad SMARTS) is 1. The Morgan fingerprint density at radius 3 is 2.47 bits per heavy atom. The number of hydrogen-bond acceptors (Lipinski definition) is 3. The summed E-state index contributed by atoms with van der Waals surface area (Å²) in [7, 11) is 0. The van der Waals surface area contributed by atoms with Gasteiger partial charge in [-0.25, -0.2) is 9.59 Å². The number of thioether (sulfide) groups is 1. The summed E-state index contributed by atoms with van der Waals surface area (Å²) in [6, 6.07) is -0.810. The Hall–Kier alpha value is -0.910. The second-order valence-electron chi connectivity index (χ2n) is 4.80. The van der Waals surface area contributed by atoms with Crippen molar-refractivity contribution in [1.29, 1.82) is 0 Å². The molecule has 2 unspecified atom stereocenters. The van der Waals surface area contributed by atoms with Gasteiger partial charge in [0.2, 0.25) is 0 Å². The summed E-state index contributed by atoms with van der Waals surface area (Å²) >= 11 is 1.57. The fourth-order valence-corrected chi connectivity index (χ4v) is 3.75. The topological polar surface area (TPSA) is 69.6 Å². The second-order valence-corrected chi connectivity index (χ2v) is 6.01. The molecular formula is C13H24N2O3S. The molecule has 1 fully saturated rings. The minimum absolute atomic E-state index is 0.0135. The van der Waals surface area contributed by atoms with Crippen LogP contribution in [-0.4, -0.2) is 45.2 Å². The highest BCUT2D eigenvalue weighted by Gasteiger charge is 2.41. The Balaban J connectivity index is 2.76. The van der Waals surface area contributed by atoms with Crippen LogP contribution in [0, 0.1) is 0 Å². The van der Waals surface area contributed by atoms with Crippen LogP contribution in [0.3, 0.4) is 0 Å². The maximum atomic E-state index is 12.3. The van der Waals surface area contributed by atoms with Crippen molar-refractivity contribution in [2.75, 3.05) is 5.75 Å². The number of nitrogens with one attached hydrogen (secondary N) is 1. The van der Waals surface area contributed by atoms with Crippen molar-refractivity contribution in [3.8, 4) is 0 Å². The molecule has 1 aliphatic heterocycles. The summed E-state index contributed by atoms with van der Waals surface area (Å²) in [6.07, 6.45) is 3.50. The smallest absolute Gasteiger partial charge is 0.327 e. The number of hydrogen-bond donors (Lipinski definition) is 2. The van der Waals surface area contributed by atoms with Gasteiger partial charge < -0.3 is 10.4 Å². The number of aliphatic carboxylic acids is 1. The quantitative estimate of drug-likeness (QED) is 0.788. The van der Waals surface area contributed by atoms with E-state index in [4.69, 9.17) is 0 Å². The van der Waals surface area contributed by atoms with Crippen molar-refractivity contribution < 1.29 is 14.7 Å². The number of nitrogens with zero attached hydrogens (tertiary/aromatic N) is 1. The van der Waals surface area contributed by atoms with Crippen molar-refractivity contribution in [2.45, 2.75) is 63.9 Å². The van der Waals surface area contributed by atoms with Gasteiger partial charge in [-0.05, 0) is 19.3 Å². The molecule has 110 valence electrons. The number of rotatable bonds is 6. The molecule has 0 aromatic heterocycles. The van der Waals surface area contributed by atoms with E-state index in [0.717, 1.165) is 25.7 Å². The van der Waals surface area contributed by atoms with Crippen LogP contribution >= 0.6 is 11.8 Å². The molecule has 1 rings (SSSR count). The molecule has 0 bridgehead atoms. The third kappa shape index (κ3) is 4.03. The van der Waals surface area contributed by atoms with Gasteiger partial charge in [-0.2, -0.15) is 0 Å². The molecule has 0 radical (unpaired) electrons. The van der Waals surface area contributed by atoms with Crippen LogP contribution in [-0.2, 0) is 4.79 Å². The van der Waals surface area contributed by atoms with Gasteiger partial charge in [0, 0.05) is 11.8 Å². The molecule has 1 aliphatic rings. The molecule has 0 aromatic carbocycles. The number of carbonyl (C=O) groups excluding carboxylic acids is 1. The number of carboxylic acids is 1. The molecule has 6 heteroatoms. The van der Waals surface area contributed by atoms with E-state index in [9.17, 15) is 14.7 Å². The molecule has 0 aliphatic carbocycles. The molecule has 0 saturated carbocycles. The monoisotopic (exact) mass is 288 g/mol. The van der Waals surface area contributed by atoms with E-state index in [0.29, 0.717) is 5.75 Å². The fourth-order valence-electron chi connectivity index (χ4n) is 2.24. The average Bonchev–Trinajstić information content (AvgIpc) is 2.80. The van der Waals surface area contributed by atoms with Gasteiger partial charge >= 0.3 is 12.0 Å². The fraction of sp³-hybridized carbons (Fsp3) is 0.846. The van der Waals surface area contributed by atoms with Gasteiger partial charge in [0.05, 0.1) is 5.37 Å². The van der Waals surface area contributed by atoms with Crippen molar-refractivity contribution in [2.24, 2.45) is 0 Å². The van der Waals surface area contributed by atoms with E-state index < -0.39 is 12.0 Å². The zero-order valence-corrected chi connectivity index (χ0v) is 12.7. The van der Waals surface area contributed by atoms with Crippen LogP contribution < -0.4 is 5.32 Å². The maximum absolute atomic E-state index is 12.3. The molecular weight excluding hydrogens is 264 g/mol. The van der Waals surface area contributed by atoms with Gasteiger partial charge in [0.15, 0.2) is 0 Å². The standard InChI is InChI=1S/C13H24N2O3S/c1-4-7-11-15(10(8-19-11)12(16)17)13(18)14-9(5-2)6-3/h9-11H,4-8H2,1-3H3,(H,14,18)(H,16,17). The number of amides is 2. The normalized spacial score (nSPS) is 22.8. The largest absolute Gasteiger partial charge is 0.480 e. The molecule has 0 spiro atoms. The Bertz CT molecular complexity index is 321. The Morgan fingerprint density at radius 1 is 1.37 bits per heavy atom. The summed E-state index contributed by atoms with van der Waals surface area (Å²) in [5.41, 5.74) is 0. The highest BCUT2D eigenvalue weighted by atomic mass is 32.2. The predicted molar refractivity (Wildman–Crippen MR) is 77.3 cm³/mol. The van der Waals surface area contributed by atoms with Crippen LogP contribution in [0.4, 0.5) is 4.79 Å². The third-order valence-corrected chi connectivity index (χ3v) is 4.82. The summed E-state index contributed by atoms with van der Waals surface area (Å²) in [5.74, 6) is -0.429. The first-order valence-electron chi connectivity index (χ1n) is 6.98. The van der Waals surface area contributed by atoms with Gasteiger partial charge in [0.25, 0.3) is 0 Å². The third-order valence-electron chi connectivity index (χ3n) is 3.46. The molecule has 2 N–H and O–H groups in total. The van der Waals surface area contributed by atoms with E-state index >= 15 is 0 Å². The molecule has 2 atom stereocenters. The highest BCUT2D eigenvalue weighted by molar-refractivity contribution is 8.00. The summed E-state index contributed by atoms with van der Waals surface area (Å²) in [6.45, 7) is 6.09. The van der Waals surface area contributed by atoms with Crippen LogP contribution in [0.1, 0.15) is 46.5 Å². The van der Waals surface area contributed by atoms with Gasteiger partial charge in [-0.1, -0.05) is 27.2 Å². The predicted octanol–water partition coefficient (Wildman–Crippen LogP) is 2.51. The molecule has 2 amide bonds. The molecule has 5 nitrogen and oxygen atoms in total. The molecule has 1 saturated heterocycles. The Morgan fingerprint density at radius 2 is 2.00 bits per heavy atom. The van der Waals surface area contributed by atoms with Crippen LogP contribution in [0.2, 0.25) is 0 Å². The first kappa shape index (κ1) is 16.1. The molecule has 19 heavy (non-hydrogen) atoms. The van der Waals surface area contributed by atoms with Crippen molar-refractivity contribution in [3.63, 3.8) is 0 Å². The Kier molecular flexibility index (Phi) is 6.48. The Labute approximate surface area is 119 Å². The highest BCUT2D eigenvalue weighted by Crippen LogP contribution is 2.32. The maximum Gasteiger partial charge on any atom is 0.327 e. The zero-order chi connectivity index (χ0) is 14.4. The summed E-state index contributed by atoms with van der Waals surface area (Å²) < 4.78 is 0. The van der Waals surface area contributed by atoms with Gasteiger partial charge in [-0.3, -0.25) is 4.90 Å².